The van der Waals surface area contributed by atoms with E-state index in [2.05, 4.69) is 5.32 Å². The van der Waals surface area contributed by atoms with Crippen molar-refractivity contribution >= 4 is 16.7 Å². The maximum absolute atomic E-state index is 12.6. The van der Waals surface area contributed by atoms with Crippen molar-refractivity contribution in [3.63, 3.8) is 0 Å². The van der Waals surface area contributed by atoms with Gasteiger partial charge in [-0.3, -0.25) is 9.00 Å². The summed E-state index contributed by atoms with van der Waals surface area (Å²) in [6.45, 7) is 0. The molecule has 0 aromatic heterocycles. The molecule has 5 heteroatoms. The molecule has 0 heterocycles. The Morgan fingerprint density at radius 2 is 2.00 bits per heavy atom. The van der Waals surface area contributed by atoms with Gasteiger partial charge in [0.2, 0.25) is 5.91 Å². The summed E-state index contributed by atoms with van der Waals surface area (Å²) in [7, 11) is 0.412. The van der Waals surface area contributed by atoms with Crippen LogP contribution in [-0.4, -0.2) is 22.9 Å². The molecule has 1 N–H and O–H groups in total. The highest BCUT2D eigenvalue weighted by molar-refractivity contribution is 7.85. The Bertz CT molecular complexity index is 378. The predicted molar refractivity (Wildman–Crippen MR) is 61.0 cm³/mol. The minimum absolute atomic E-state index is 0.0592. The molecule has 1 aromatic carbocycles. The maximum atomic E-state index is 12.6. The van der Waals surface area contributed by atoms with Crippen LogP contribution >= 0.6 is 0 Å². The average Bonchev–Trinajstić information content (AvgIpc) is 2.29. The molecule has 0 aliphatic heterocycles. The number of amides is 1. The lowest BCUT2D eigenvalue weighted by Gasteiger charge is -2.02. The van der Waals surface area contributed by atoms with E-state index in [1.165, 1.54) is 24.3 Å². The zero-order chi connectivity index (χ0) is 12.0. The fourth-order valence-electron chi connectivity index (χ4n) is 1.19. The van der Waals surface area contributed by atoms with Gasteiger partial charge in [0, 0.05) is 24.1 Å². The van der Waals surface area contributed by atoms with Crippen molar-refractivity contribution in [1.82, 2.24) is 5.32 Å². The second-order valence-corrected chi connectivity index (χ2v) is 4.85. The number of hydrogen-bond donors (Lipinski definition) is 1. The molecule has 0 radical (unpaired) electrons. The van der Waals surface area contributed by atoms with Gasteiger partial charge in [0.1, 0.15) is 5.82 Å². The first-order valence-corrected chi connectivity index (χ1v) is 6.30. The number of rotatable bonds is 5. The average molecular weight is 243 g/mol. The van der Waals surface area contributed by atoms with E-state index in [9.17, 15) is 13.4 Å². The largest absolute Gasteiger partial charge is 0.359 e. The zero-order valence-corrected chi connectivity index (χ0v) is 9.85. The van der Waals surface area contributed by atoms with Crippen LogP contribution in [0.3, 0.4) is 0 Å². The number of carbonyl (C=O) groups excluding carboxylic acids is 1. The summed E-state index contributed by atoms with van der Waals surface area (Å²) in [6.07, 6.45) is 0.924. The molecule has 0 fully saturated rings. The highest BCUT2D eigenvalue weighted by Crippen LogP contribution is 2.09. The molecular formula is C11H14FNO2S. The lowest BCUT2D eigenvalue weighted by molar-refractivity contribution is -0.120. The van der Waals surface area contributed by atoms with Crippen LogP contribution in [0.15, 0.2) is 29.2 Å². The van der Waals surface area contributed by atoms with Crippen LogP contribution in [0.5, 0.6) is 0 Å². The van der Waals surface area contributed by atoms with Crippen molar-refractivity contribution in [3.05, 3.63) is 30.1 Å². The van der Waals surface area contributed by atoms with E-state index < -0.39 is 10.8 Å². The Morgan fingerprint density at radius 3 is 2.56 bits per heavy atom. The Hall–Kier alpha value is -1.23. The molecule has 16 heavy (non-hydrogen) atoms. The molecule has 0 saturated heterocycles. The standard InChI is InChI=1S/C11H14FNO2S/c1-13-11(14)3-2-8-16(15)10-6-4-9(12)5-7-10/h4-7H,2-3,8H2,1H3,(H,13,14). The van der Waals surface area contributed by atoms with Crippen molar-refractivity contribution in [2.24, 2.45) is 0 Å². The van der Waals surface area contributed by atoms with Gasteiger partial charge in [-0.15, -0.1) is 0 Å². The summed E-state index contributed by atoms with van der Waals surface area (Å²) in [5.74, 6) is 0.0150. The lowest BCUT2D eigenvalue weighted by Crippen LogP contribution is -2.17. The Labute approximate surface area is 96.5 Å². The number of halogens is 1. The molecule has 0 aliphatic carbocycles. The number of benzene rings is 1. The van der Waals surface area contributed by atoms with E-state index in [1.54, 1.807) is 7.05 Å². The summed E-state index contributed by atoms with van der Waals surface area (Å²) in [5, 5.41) is 2.50. The van der Waals surface area contributed by atoms with E-state index >= 15 is 0 Å². The highest BCUT2D eigenvalue weighted by atomic mass is 32.2. The van der Waals surface area contributed by atoms with Gasteiger partial charge in [0.15, 0.2) is 0 Å². The van der Waals surface area contributed by atoms with Crippen LogP contribution in [0.2, 0.25) is 0 Å². The predicted octanol–water partition coefficient (Wildman–Crippen LogP) is 1.46. The SMILES string of the molecule is CNC(=O)CCCS(=O)c1ccc(F)cc1. The second kappa shape index (κ2) is 6.37. The molecule has 0 spiro atoms. The molecule has 3 nitrogen and oxygen atoms in total. The molecule has 1 unspecified atom stereocenters. The normalized spacial score (nSPS) is 12.1. The molecule has 1 aromatic rings. The van der Waals surface area contributed by atoms with E-state index in [0.717, 1.165) is 0 Å². The first-order valence-electron chi connectivity index (χ1n) is 4.98. The summed E-state index contributed by atoms with van der Waals surface area (Å²) < 4.78 is 24.3. The van der Waals surface area contributed by atoms with E-state index in [-0.39, 0.29) is 11.7 Å². The quantitative estimate of drug-likeness (QED) is 0.851. The molecule has 0 aliphatic rings. The first-order chi connectivity index (χ1) is 7.63. The van der Waals surface area contributed by atoms with Crippen LogP contribution in [0.4, 0.5) is 4.39 Å². The van der Waals surface area contributed by atoms with E-state index in [0.29, 0.717) is 23.5 Å². The summed E-state index contributed by atoms with van der Waals surface area (Å²) in [5.41, 5.74) is 0. The van der Waals surface area contributed by atoms with Crippen LogP contribution in [0.1, 0.15) is 12.8 Å². The third-order valence-electron chi connectivity index (χ3n) is 2.09. The van der Waals surface area contributed by atoms with Gasteiger partial charge >= 0.3 is 0 Å². The summed E-state index contributed by atoms with van der Waals surface area (Å²) in [4.78, 5) is 11.5. The molecule has 0 bridgehead atoms. The number of carbonyl (C=O) groups is 1. The monoisotopic (exact) mass is 243 g/mol. The van der Waals surface area contributed by atoms with Crippen molar-refractivity contribution in [3.8, 4) is 0 Å². The third kappa shape index (κ3) is 4.10. The van der Waals surface area contributed by atoms with Gasteiger partial charge in [-0.05, 0) is 30.7 Å². The van der Waals surface area contributed by atoms with Crippen LogP contribution in [0.25, 0.3) is 0 Å². The van der Waals surface area contributed by atoms with Gasteiger partial charge in [-0.2, -0.15) is 0 Å². The van der Waals surface area contributed by atoms with E-state index in [4.69, 9.17) is 0 Å². The van der Waals surface area contributed by atoms with Crippen LogP contribution in [-0.2, 0) is 15.6 Å². The molecule has 1 amide bonds. The topological polar surface area (TPSA) is 46.2 Å². The number of hydrogen-bond acceptors (Lipinski definition) is 2. The molecule has 1 rings (SSSR count). The van der Waals surface area contributed by atoms with Gasteiger partial charge in [0.05, 0.1) is 10.8 Å². The smallest absolute Gasteiger partial charge is 0.219 e. The fourth-order valence-corrected chi connectivity index (χ4v) is 2.27. The molecule has 1 atom stereocenters. The maximum Gasteiger partial charge on any atom is 0.219 e. The zero-order valence-electron chi connectivity index (χ0n) is 9.03. The van der Waals surface area contributed by atoms with Gasteiger partial charge in [0.25, 0.3) is 0 Å². The first kappa shape index (κ1) is 12.8. The minimum Gasteiger partial charge on any atom is -0.359 e. The van der Waals surface area contributed by atoms with Gasteiger partial charge in [-0.25, -0.2) is 4.39 Å². The summed E-state index contributed by atoms with van der Waals surface area (Å²) in [6, 6.07) is 5.58. The second-order valence-electron chi connectivity index (χ2n) is 3.28. The Morgan fingerprint density at radius 1 is 1.38 bits per heavy atom. The highest BCUT2D eigenvalue weighted by Gasteiger charge is 2.05. The minimum atomic E-state index is -1.16. The number of nitrogens with one attached hydrogen (secondary N) is 1. The fraction of sp³-hybridized carbons (Fsp3) is 0.364. The van der Waals surface area contributed by atoms with Crippen molar-refractivity contribution in [1.29, 1.82) is 0 Å². The van der Waals surface area contributed by atoms with E-state index in [1.807, 2.05) is 0 Å². The lowest BCUT2D eigenvalue weighted by atomic mass is 10.3. The molecule has 0 saturated carbocycles. The van der Waals surface area contributed by atoms with Crippen molar-refractivity contribution in [2.75, 3.05) is 12.8 Å². The molecular weight excluding hydrogens is 229 g/mol. The van der Waals surface area contributed by atoms with Crippen LogP contribution < -0.4 is 5.32 Å². The van der Waals surface area contributed by atoms with Gasteiger partial charge in [-0.1, -0.05) is 0 Å². The van der Waals surface area contributed by atoms with Crippen molar-refractivity contribution < 1.29 is 13.4 Å². The van der Waals surface area contributed by atoms with Gasteiger partial charge < -0.3 is 5.32 Å². The Balaban J connectivity index is 2.41. The third-order valence-corrected chi connectivity index (χ3v) is 3.55. The molecule has 88 valence electrons. The van der Waals surface area contributed by atoms with Crippen LogP contribution in [0, 0.1) is 5.82 Å². The summed E-state index contributed by atoms with van der Waals surface area (Å²) >= 11 is 0. The Kier molecular flexibility index (Phi) is 5.11. The van der Waals surface area contributed by atoms with Crippen molar-refractivity contribution in [2.45, 2.75) is 17.7 Å².